The minimum absolute atomic E-state index is 0.355. The van der Waals surface area contributed by atoms with Crippen LogP contribution < -0.4 is 10.1 Å². The third kappa shape index (κ3) is 4.17. The Kier molecular flexibility index (Phi) is 4.98. The van der Waals surface area contributed by atoms with Crippen molar-refractivity contribution in [2.75, 3.05) is 5.32 Å². The van der Waals surface area contributed by atoms with Crippen molar-refractivity contribution < 1.29 is 22.3 Å². The molecule has 0 fully saturated rings. The first-order chi connectivity index (χ1) is 14.3. The van der Waals surface area contributed by atoms with Gasteiger partial charge in [-0.1, -0.05) is 12.1 Å². The van der Waals surface area contributed by atoms with Crippen LogP contribution in [-0.2, 0) is 6.67 Å². The number of fused-ring (bicyclic) bond motifs is 1. The largest absolute Gasteiger partial charge is 0.573 e. The number of imidazole rings is 1. The van der Waals surface area contributed by atoms with Crippen molar-refractivity contribution in [2.45, 2.75) is 20.0 Å². The number of hydrogen-bond donors (Lipinski definition) is 1. The van der Waals surface area contributed by atoms with Gasteiger partial charge in [0, 0.05) is 11.8 Å². The van der Waals surface area contributed by atoms with Crippen molar-refractivity contribution in [3.05, 3.63) is 66.2 Å². The normalized spacial score (nSPS) is 11.6. The zero-order valence-electron chi connectivity index (χ0n) is 15.6. The lowest BCUT2D eigenvalue weighted by Crippen LogP contribution is -2.17. The SMILES string of the molecule is Cc1nc2ccc(OC(F)(F)F)cc2n1-c1cncc(Nc2ccc(CF)cc2)n1. The van der Waals surface area contributed by atoms with E-state index in [0.717, 1.165) is 0 Å². The first-order valence-corrected chi connectivity index (χ1v) is 8.81. The number of rotatable bonds is 5. The Morgan fingerprint density at radius 1 is 1.03 bits per heavy atom. The number of anilines is 2. The van der Waals surface area contributed by atoms with Gasteiger partial charge >= 0.3 is 6.36 Å². The molecule has 1 N–H and O–H groups in total. The van der Waals surface area contributed by atoms with Gasteiger partial charge in [-0.15, -0.1) is 13.2 Å². The summed E-state index contributed by atoms with van der Waals surface area (Å²) >= 11 is 0. The minimum Gasteiger partial charge on any atom is -0.406 e. The lowest BCUT2D eigenvalue weighted by molar-refractivity contribution is -0.274. The van der Waals surface area contributed by atoms with E-state index in [9.17, 15) is 17.6 Å². The summed E-state index contributed by atoms with van der Waals surface area (Å²) in [7, 11) is 0. The third-order valence-electron chi connectivity index (χ3n) is 4.26. The number of alkyl halides is 4. The topological polar surface area (TPSA) is 64.9 Å². The lowest BCUT2D eigenvalue weighted by Gasteiger charge is -2.11. The van der Waals surface area contributed by atoms with E-state index in [0.29, 0.717) is 39.7 Å². The fourth-order valence-corrected chi connectivity index (χ4v) is 3.01. The second-order valence-electron chi connectivity index (χ2n) is 6.41. The van der Waals surface area contributed by atoms with E-state index in [1.807, 2.05) is 0 Å². The van der Waals surface area contributed by atoms with E-state index in [1.54, 1.807) is 35.8 Å². The molecule has 2 aromatic carbocycles. The molecular formula is C20H15F4N5O. The standard InChI is InChI=1S/C20H15F4N5O/c1-12-26-16-7-6-15(30-20(22,23)24)8-17(16)29(12)19-11-25-10-18(28-19)27-14-4-2-13(9-21)3-5-14/h2-8,10-11H,9H2,1H3,(H,27,28). The van der Waals surface area contributed by atoms with Crippen molar-refractivity contribution in [3.8, 4) is 11.6 Å². The van der Waals surface area contributed by atoms with E-state index in [4.69, 9.17) is 0 Å². The number of nitrogens with zero attached hydrogens (tertiary/aromatic N) is 4. The summed E-state index contributed by atoms with van der Waals surface area (Å²) < 4.78 is 56.0. The predicted molar refractivity (Wildman–Crippen MR) is 103 cm³/mol. The quantitative estimate of drug-likeness (QED) is 0.450. The van der Waals surface area contributed by atoms with E-state index in [-0.39, 0.29) is 5.75 Å². The van der Waals surface area contributed by atoms with Crippen LogP contribution in [0.4, 0.5) is 29.1 Å². The first kappa shape index (κ1) is 19.6. The van der Waals surface area contributed by atoms with Gasteiger partial charge in [-0.25, -0.2) is 14.4 Å². The average Bonchev–Trinajstić information content (AvgIpc) is 3.02. The number of aromatic nitrogens is 4. The summed E-state index contributed by atoms with van der Waals surface area (Å²) in [6.45, 7) is 1.16. The molecule has 0 amide bonds. The van der Waals surface area contributed by atoms with Crippen molar-refractivity contribution >= 4 is 22.5 Å². The molecule has 0 aliphatic rings. The van der Waals surface area contributed by atoms with Crippen LogP contribution in [0.3, 0.4) is 0 Å². The maximum atomic E-state index is 12.7. The molecule has 2 heterocycles. The van der Waals surface area contributed by atoms with Crippen molar-refractivity contribution in [2.24, 2.45) is 0 Å². The highest BCUT2D eigenvalue weighted by molar-refractivity contribution is 5.79. The highest BCUT2D eigenvalue weighted by Crippen LogP contribution is 2.28. The Morgan fingerprint density at radius 3 is 2.50 bits per heavy atom. The van der Waals surface area contributed by atoms with Gasteiger partial charge in [0.15, 0.2) is 11.6 Å². The van der Waals surface area contributed by atoms with Crippen molar-refractivity contribution in [1.82, 2.24) is 19.5 Å². The Labute approximate surface area is 168 Å². The molecular weight excluding hydrogens is 402 g/mol. The molecule has 0 unspecified atom stereocenters. The molecule has 0 radical (unpaired) electrons. The Bertz CT molecular complexity index is 1190. The Morgan fingerprint density at radius 2 is 1.80 bits per heavy atom. The van der Waals surface area contributed by atoms with E-state index in [2.05, 4.69) is 25.0 Å². The van der Waals surface area contributed by atoms with Gasteiger partial charge in [0.1, 0.15) is 18.2 Å². The molecule has 0 aliphatic heterocycles. The number of benzene rings is 2. The third-order valence-corrected chi connectivity index (χ3v) is 4.26. The van der Waals surface area contributed by atoms with Crippen LogP contribution >= 0.6 is 0 Å². The Balaban J connectivity index is 1.70. The summed E-state index contributed by atoms with van der Waals surface area (Å²) in [5.74, 6) is 0.938. The average molecular weight is 417 g/mol. The van der Waals surface area contributed by atoms with Crippen molar-refractivity contribution in [3.63, 3.8) is 0 Å². The van der Waals surface area contributed by atoms with Gasteiger partial charge in [0.25, 0.3) is 0 Å². The molecule has 6 nitrogen and oxygen atoms in total. The van der Waals surface area contributed by atoms with Crippen molar-refractivity contribution in [1.29, 1.82) is 0 Å². The first-order valence-electron chi connectivity index (χ1n) is 8.81. The number of halogens is 4. The monoisotopic (exact) mass is 417 g/mol. The molecule has 154 valence electrons. The van der Waals surface area contributed by atoms with Crippen LogP contribution in [0.2, 0.25) is 0 Å². The predicted octanol–water partition coefficient (Wildman–Crippen LogP) is 5.24. The van der Waals surface area contributed by atoms with Gasteiger partial charge in [0.05, 0.1) is 23.4 Å². The molecule has 2 aromatic heterocycles. The molecule has 30 heavy (non-hydrogen) atoms. The number of nitrogens with one attached hydrogen (secondary N) is 1. The summed E-state index contributed by atoms with van der Waals surface area (Å²) in [6, 6.07) is 10.6. The molecule has 0 bridgehead atoms. The highest BCUT2D eigenvalue weighted by Gasteiger charge is 2.31. The molecule has 0 spiro atoms. The highest BCUT2D eigenvalue weighted by atomic mass is 19.4. The smallest absolute Gasteiger partial charge is 0.406 e. The van der Waals surface area contributed by atoms with Gasteiger partial charge < -0.3 is 10.1 Å². The van der Waals surface area contributed by atoms with Crippen LogP contribution in [0.5, 0.6) is 5.75 Å². The van der Waals surface area contributed by atoms with Crippen LogP contribution in [0, 0.1) is 6.92 Å². The zero-order chi connectivity index (χ0) is 21.3. The second-order valence-corrected chi connectivity index (χ2v) is 6.41. The van der Waals surface area contributed by atoms with E-state index in [1.165, 1.54) is 30.6 Å². The van der Waals surface area contributed by atoms with E-state index >= 15 is 0 Å². The fraction of sp³-hybridized carbons (Fsp3) is 0.150. The second kappa shape index (κ2) is 7.62. The van der Waals surface area contributed by atoms with Gasteiger partial charge in [-0.3, -0.25) is 9.55 Å². The van der Waals surface area contributed by atoms with Crippen LogP contribution in [0.1, 0.15) is 11.4 Å². The zero-order valence-corrected chi connectivity index (χ0v) is 15.6. The van der Waals surface area contributed by atoms with Crippen LogP contribution in [0.25, 0.3) is 16.9 Å². The van der Waals surface area contributed by atoms with Crippen LogP contribution in [-0.4, -0.2) is 25.9 Å². The maximum absolute atomic E-state index is 12.7. The summed E-state index contributed by atoms with van der Waals surface area (Å²) in [6.07, 6.45) is -1.82. The number of hydrogen-bond acceptors (Lipinski definition) is 5. The molecule has 4 rings (SSSR count). The number of ether oxygens (including phenoxy) is 1. The van der Waals surface area contributed by atoms with Gasteiger partial charge in [-0.2, -0.15) is 0 Å². The summed E-state index contributed by atoms with van der Waals surface area (Å²) in [5.41, 5.74) is 2.13. The van der Waals surface area contributed by atoms with E-state index < -0.39 is 13.0 Å². The summed E-state index contributed by atoms with van der Waals surface area (Å²) in [4.78, 5) is 13.0. The summed E-state index contributed by atoms with van der Waals surface area (Å²) in [5, 5.41) is 3.06. The molecule has 4 aromatic rings. The fourth-order valence-electron chi connectivity index (χ4n) is 3.01. The maximum Gasteiger partial charge on any atom is 0.573 e. The molecule has 10 heteroatoms. The van der Waals surface area contributed by atoms with Gasteiger partial charge in [-0.05, 0) is 36.8 Å². The minimum atomic E-state index is -4.80. The molecule has 0 saturated heterocycles. The number of aryl methyl sites for hydroxylation is 1. The molecule has 0 atom stereocenters. The Hall–Kier alpha value is -3.69. The molecule has 0 saturated carbocycles. The van der Waals surface area contributed by atoms with Gasteiger partial charge in [0.2, 0.25) is 0 Å². The molecule has 0 aliphatic carbocycles. The van der Waals surface area contributed by atoms with Crippen LogP contribution in [0.15, 0.2) is 54.9 Å². The lowest BCUT2D eigenvalue weighted by atomic mass is 10.2.